The number of hydrogen-bond acceptors (Lipinski definition) is 4. The van der Waals surface area contributed by atoms with Gasteiger partial charge >= 0.3 is 0 Å². The predicted octanol–water partition coefficient (Wildman–Crippen LogP) is 4.13. The third-order valence-electron chi connectivity index (χ3n) is 4.81. The summed E-state index contributed by atoms with van der Waals surface area (Å²) in [5.74, 6) is -0.260. The Morgan fingerprint density at radius 3 is 2.32 bits per heavy atom. The number of sulfonamides is 1. The van der Waals surface area contributed by atoms with Gasteiger partial charge in [0.1, 0.15) is 0 Å². The molecule has 0 aliphatic carbocycles. The number of nitrogens with two attached hydrogens (primary N) is 1. The van der Waals surface area contributed by atoms with Gasteiger partial charge in [-0.1, -0.05) is 54.1 Å². The van der Waals surface area contributed by atoms with Gasteiger partial charge in [0.25, 0.3) is 5.91 Å². The second kappa shape index (κ2) is 8.47. The van der Waals surface area contributed by atoms with E-state index < -0.39 is 10.0 Å². The van der Waals surface area contributed by atoms with Crippen LogP contribution < -0.4 is 10.5 Å². The Morgan fingerprint density at radius 2 is 1.65 bits per heavy atom. The molecular weight excluding hydrogens is 434 g/mol. The minimum absolute atomic E-state index is 0.0234. The molecule has 4 rings (SSSR count). The van der Waals surface area contributed by atoms with Crippen LogP contribution in [0.3, 0.4) is 0 Å². The van der Waals surface area contributed by atoms with E-state index in [0.717, 1.165) is 16.5 Å². The first-order valence-electron chi connectivity index (χ1n) is 9.37. The lowest BCUT2D eigenvalue weighted by atomic mass is 10.0. The van der Waals surface area contributed by atoms with Crippen LogP contribution in [0.1, 0.15) is 15.9 Å². The van der Waals surface area contributed by atoms with E-state index in [1.54, 1.807) is 30.3 Å². The Hall–Kier alpha value is -3.26. The molecule has 0 saturated heterocycles. The van der Waals surface area contributed by atoms with E-state index in [-0.39, 0.29) is 17.3 Å². The predicted molar refractivity (Wildman–Crippen MR) is 121 cm³/mol. The number of amides is 1. The quantitative estimate of drug-likeness (QED) is 0.476. The molecule has 0 saturated carbocycles. The highest BCUT2D eigenvalue weighted by molar-refractivity contribution is 7.89. The lowest BCUT2D eigenvalue weighted by molar-refractivity contribution is 0.0952. The average molecular weight is 452 g/mol. The highest BCUT2D eigenvalue weighted by Crippen LogP contribution is 2.26. The molecule has 6 nitrogen and oxygen atoms in total. The third kappa shape index (κ3) is 4.74. The van der Waals surface area contributed by atoms with Crippen molar-refractivity contribution in [3.05, 3.63) is 95.0 Å². The molecule has 4 aromatic rings. The molecule has 0 bridgehead atoms. The van der Waals surface area contributed by atoms with E-state index in [1.165, 1.54) is 12.1 Å². The van der Waals surface area contributed by atoms with E-state index in [2.05, 4.69) is 10.3 Å². The van der Waals surface area contributed by atoms with Crippen molar-refractivity contribution in [3.63, 3.8) is 0 Å². The molecule has 156 valence electrons. The fourth-order valence-electron chi connectivity index (χ4n) is 3.21. The minimum atomic E-state index is -3.75. The molecule has 3 aromatic carbocycles. The topological polar surface area (TPSA) is 102 Å². The highest BCUT2D eigenvalue weighted by Gasteiger charge is 2.14. The second-order valence-electron chi connectivity index (χ2n) is 6.95. The van der Waals surface area contributed by atoms with Gasteiger partial charge in [-0.15, -0.1) is 0 Å². The summed E-state index contributed by atoms with van der Waals surface area (Å²) in [7, 11) is -3.75. The van der Waals surface area contributed by atoms with Crippen LogP contribution in [0, 0.1) is 0 Å². The van der Waals surface area contributed by atoms with Crippen LogP contribution in [-0.2, 0) is 16.6 Å². The van der Waals surface area contributed by atoms with Gasteiger partial charge in [-0.25, -0.2) is 18.5 Å². The zero-order valence-corrected chi connectivity index (χ0v) is 17.8. The first kappa shape index (κ1) is 21.0. The summed E-state index contributed by atoms with van der Waals surface area (Å²) in [5, 5.41) is 9.36. The molecule has 0 fully saturated rings. The van der Waals surface area contributed by atoms with E-state index in [4.69, 9.17) is 16.7 Å². The van der Waals surface area contributed by atoms with Crippen molar-refractivity contribution in [2.75, 3.05) is 0 Å². The van der Waals surface area contributed by atoms with Crippen molar-refractivity contribution >= 4 is 38.4 Å². The first-order valence-corrected chi connectivity index (χ1v) is 11.3. The number of aromatic nitrogens is 1. The molecule has 1 aromatic heterocycles. The number of carbonyl (C=O) groups excluding carboxylic acids is 1. The molecule has 3 N–H and O–H groups in total. The molecule has 1 heterocycles. The van der Waals surface area contributed by atoms with Crippen molar-refractivity contribution in [2.24, 2.45) is 5.14 Å². The minimum Gasteiger partial charge on any atom is -0.348 e. The molecule has 1 amide bonds. The monoisotopic (exact) mass is 451 g/mol. The average Bonchev–Trinajstić information content (AvgIpc) is 2.77. The maximum Gasteiger partial charge on any atom is 0.252 e. The number of primary sulfonamides is 1. The van der Waals surface area contributed by atoms with Gasteiger partial charge in [-0.2, -0.15) is 0 Å². The number of fused-ring (bicyclic) bond motifs is 1. The van der Waals surface area contributed by atoms with Crippen molar-refractivity contribution in [1.29, 1.82) is 0 Å². The molecule has 31 heavy (non-hydrogen) atoms. The normalized spacial score (nSPS) is 11.4. The van der Waals surface area contributed by atoms with Crippen LogP contribution >= 0.6 is 11.6 Å². The van der Waals surface area contributed by atoms with Gasteiger partial charge in [-0.3, -0.25) is 4.79 Å². The molecule has 0 aliphatic heterocycles. The van der Waals surface area contributed by atoms with Gasteiger partial charge in [-0.05, 0) is 42.0 Å². The largest absolute Gasteiger partial charge is 0.348 e. The van der Waals surface area contributed by atoms with Gasteiger partial charge in [0.2, 0.25) is 10.0 Å². The summed E-state index contributed by atoms with van der Waals surface area (Å²) < 4.78 is 22.8. The molecule has 0 unspecified atom stereocenters. The maximum atomic E-state index is 13.0. The van der Waals surface area contributed by atoms with Gasteiger partial charge in [0, 0.05) is 22.5 Å². The first-order chi connectivity index (χ1) is 14.8. The van der Waals surface area contributed by atoms with E-state index in [9.17, 15) is 13.2 Å². The SMILES string of the molecule is NS(=O)(=O)c1ccc(CNC(=O)c2cc(-c3ccc(Cl)cc3)nc3ccccc23)cc1. The Kier molecular flexibility index (Phi) is 5.73. The molecule has 8 heteroatoms. The fraction of sp³-hybridized carbons (Fsp3) is 0.0435. The summed E-state index contributed by atoms with van der Waals surface area (Å²) in [6, 6.07) is 22.5. The molecular formula is C23H18ClN3O3S. The van der Waals surface area contributed by atoms with E-state index in [0.29, 0.717) is 21.8 Å². The number of halogens is 1. The lowest BCUT2D eigenvalue weighted by Crippen LogP contribution is -2.23. The summed E-state index contributed by atoms with van der Waals surface area (Å²) in [6.07, 6.45) is 0. The van der Waals surface area contributed by atoms with Crippen LogP contribution in [0.2, 0.25) is 5.02 Å². The van der Waals surface area contributed by atoms with Crippen molar-refractivity contribution in [1.82, 2.24) is 10.3 Å². The molecule has 0 atom stereocenters. The third-order valence-corrected chi connectivity index (χ3v) is 5.99. The number of nitrogens with zero attached hydrogens (tertiary/aromatic N) is 1. The van der Waals surface area contributed by atoms with Gasteiger partial charge < -0.3 is 5.32 Å². The summed E-state index contributed by atoms with van der Waals surface area (Å²) in [6.45, 7) is 0.233. The Morgan fingerprint density at radius 1 is 0.968 bits per heavy atom. The number of rotatable bonds is 5. The zero-order chi connectivity index (χ0) is 22.0. The van der Waals surface area contributed by atoms with Crippen LogP contribution in [-0.4, -0.2) is 19.3 Å². The van der Waals surface area contributed by atoms with Gasteiger partial charge in [0.15, 0.2) is 0 Å². The number of hydrogen-bond donors (Lipinski definition) is 2. The lowest BCUT2D eigenvalue weighted by Gasteiger charge is -2.11. The summed E-state index contributed by atoms with van der Waals surface area (Å²) in [4.78, 5) is 17.7. The van der Waals surface area contributed by atoms with Crippen LogP contribution in [0.5, 0.6) is 0 Å². The van der Waals surface area contributed by atoms with Crippen LogP contribution in [0.25, 0.3) is 22.2 Å². The number of pyridine rings is 1. The summed E-state index contributed by atoms with van der Waals surface area (Å²) in [5.41, 5.74) is 3.46. The fourth-order valence-corrected chi connectivity index (χ4v) is 3.85. The zero-order valence-electron chi connectivity index (χ0n) is 16.2. The molecule has 0 spiro atoms. The highest BCUT2D eigenvalue weighted by atomic mass is 35.5. The Labute approximate surface area is 184 Å². The van der Waals surface area contributed by atoms with Crippen molar-refractivity contribution < 1.29 is 13.2 Å². The Balaban J connectivity index is 1.63. The van der Waals surface area contributed by atoms with Crippen LogP contribution in [0.15, 0.2) is 83.8 Å². The van der Waals surface area contributed by atoms with E-state index >= 15 is 0 Å². The van der Waals surface area contributed by atoms with Crippen molar-refractivity contribution in [3.8, 4) is 11.3 Å². The van der Waals surface area contributed by atoms with E-state index in [1.807, 2.05) is 36.4 Å². The number of benzene rings is 3. The molecule has 0 radical (unpaired) electrons. The van der Waals surface area contributed by atoms with Crippen molar-refractivity contribution in [2.45, 2.75) is 11.4 Å². The van der Waals surface area contributed by atoms with Crippen LogP contribution in [0.4, 0.5) is 0 Å². The maximum absolute atomic E-state index is 13.0. The standard InChI is InChI=1S/C23H18ClN3O3S/c24-17-9-7-16(8-10-17)22-13-20(19-3-1-2-4-21(19)27-22)23(28)26-14-15-5-11-18(12-6-15)31(25,29)30/h1-13H,14H2,(H,26,28)(H2,25,29,30). The number of para-hydroxylation sites is 1. The Bertz CT molecular complexity index is 1370. The molecule has 0 aliphatic rings. The number of carbonyl (C=O) groups is 1. The number of nitrogens with one attached hydrogen (secondary N) is 1. The summed E-state index contributed by atoms with van der Waals surface area (Å²) >= 11 is 5.99. The smallest absolute Gasteiger partial charge is 0.252 e. The second-order valence-corrected chi connectivity index (χ2v) is 8.95. The van der Waals surface area contributed by atoms with Gasteiger partial charge in [0.05, 0.1) is 21.7 Å².